The van der Waals surface area contributed by atoms with Crippen LogP contribution in [0.5, 0.6) is 5.75 Å². The summed E-state index contributed by atoms with van der Waals surface area (Å²) in [6, 6.07) is 11.3. The first kappa shape index (κ1) is 25.7. The minimum absolute atomic E-state index is 0.0747. The number of benzene rings is 2. The molecule has 1 saturated heterocycles. The van der Waals surface area contributed by atoms with Crippen molar-refractivity contribution in [3.63, 3.8) is 0 Å². The van der Waals surface area contributed by atoms with Gasteiger partial charge in [-0.3, -0.25) is 29.4 Å². The van der Waals surface area contributed by atoms with Crippen LogP contribution in [0.2, 0.25) is 0 Å². The molecular weight excluding hydrogens is 498 g/mol. The zero-order valence-electron chi connectivity index (χ0n) is 20.5. The number of imide groups is 1. The molecule has 1 fully saturated rings. The number of anilines is 1. The Kier molecular flexibility index (Phi) is 7.16. The fourth-order valence-corrected chi connectivity index (χ4v) is 4.86. The molecule has 37 heavy (non-hydrogen) atoms. The number of methoxy groups -OCH3 is 1. The Bertz CT molecular complexity index is 1450. The molecule has 190 valence electrons. The minimum atomic E-state index is -0.629. The third kappa shape index (κ3) is 5.41. The Balaban J connectivity index is 1.50. The van der Waals surface area contributed by atoms with E-state index >= 15 is 0 Å². The van der Waals surface area contributed by atoms with Crippen LogP contribution in [-0.2, 0) is 9.59 Å². The summed E-state index contributed by atoms with van der Waals surface area (Å²) >= 11 is 0.685. The molecule has 11 heteroatoms. The first-order chi connectivity index (χ1) is 17.6. The van der Waals surface area contributed by atoms with Gasteiger partial charge in [0.05, 0.1) is 28.6 Å². The van der Waals surface area contributed by atoms with E-state index in [1.165, 1.54) is 37.5 Å². The molecule has 0 spiro atoms. The van der Waals surface area contributed by atoms with Crippen molar-refractivity contribution < 1.29 is 28.5 Å². The molecule has 1 N–H and O–H groups in total. The second kappa shape index (κ2) is 10.3. The van der Waals surface area contributed by atoms with E-state index in [0.717, 1.165) is 21.6 Å². The van der Waals surface area contributed by atoms with Gasteiger partial charge in [0, 0.05) is 11.8 Å². The van der Waals surface area contributed by atoms with Gasteiger partial charge in [0.2, 0.25) is 5.91 Å². The number of nitrogens with zero attached hydrogens (tertiary/aromatic N) is 2. The number of nitro benzene ring substituents is 1. The van der Waals surface area contributed by atoms with Crippen molar-refractivity contribution >= 4 is 46.3 Å². The van der Waals surface area contributed by atoms with Crippen molar-refractivity contribution in [3.8, 4) is 17.1 Å². The molecule has 2 aromatic carbocycles. The molecule has 1 aliphatic heterocycles. The number of nitrogens with one attached hydrogen (secondary N) is 1. The molecule has 4 rings (SSSR count). The number of nitro groups is 1. The third-order valence-electron chi connectivity index (χ3n) is 5.68. The average Bonchev–Trinajstić information content (AvgIpc) is 3.41. The predicted octanol–water partition coefficient (Wildman–Crippen LogP) is 5.46. The van der Waals surface area contributed by atoms with E-state index in [1.54, 1.807) is 6.07 Å². The van der Waals surface area contributed by atoms with Gasteiger partial charge in [-0.15, -0.1) is 0 Å². The molecule has 0 bridgehead atoms. The highest BCUT2D eigenvalue weighted by Gasteiger charge is 2.36. The molecule has 0 radical (unpaired) electrons. The Morgan fingerprint density at radius 2 is 1.84 bits per heavy atom. The van der Waals surface area contributed by atoms with E-state index < -0.39 is 28.5 Å². The predicted molar refractivity (Wildman–Crippen MR) is 139 cm³/mol. The number of hydrogen-bond donors (Lipinski definition) is 1. The third-order valence-corrected chi connectivity index (χ3v) is 6.59. The van der Waals surface area contributed by atoms with Gasteiger partial charge in [0.15, 0.2) is 0 Å². The van der Waals surface area contributed by atoms with E-state index in [4.69, 9.17) is 9.15 Å². The lowest BCUT2D eigenvalue weighted by Crippen LogP contribution is -2.36. The van der Waals surface area contributed by atoms with Crippen LogP contribution in [0.1, 0.15) is 22.5 Å². The van der Waals surface area contributed by atoms with Gasteiger partial charge in [-0.05, 0) is 67.9 Å². The van der Waals surface area contributed by atoms with Gasteiger partial charge in [-0.1, -0.05) is 17.7 Å². The lowest BCUT2D eigenvalue weighted by Gasteiger charge is -2.15. The lowest BCUT2D eigenvalue weighted by atomic mass is 10.1. The smallest absolute Gasteiger partial charge is 0.294 e. The number of amides is 3. The second-order valence-corrected chi connectivity index (χ2v) is 9.43. The molecule has 1 aromatic heterocycles. The number of hydrogen-bond acceptors (Lipinski definition) is 8. The van der Waals surface area contributed by atoms with Crippen molar-refractivity contribution in [2.24, 2.45) is 0 Å². The van der Waals surface area contributed by atoms with Gasteiger partial charge in [0.25, 0.3) is 16.8 Å². The van der Waals surface area contributed by atoms with Crippen LogP contribution in [0, 0.1) is 30.9 Å². The summed E-state index contributed by atoms with van der Waals surface area (Å²) in [6.07, 6.45) is 1.37. The summed E-state index contributed by atoms with van der Waals surface area (Å²) in [5, 5.41) is 13.7. The monoisotopic (exact) mass is 521 g/mol. The number of carbonyl (C=O) groups is 3. The summed E-state index contributed by atoms with van der Waals surface area (Å²) in [5.74, 6) is -0.363. The van der Waals surface area contributed by atoms with Crippen LogP contribution in [0.3, 0.4) is 0 Å². The summed E-state index contributed by atoms with van der Waals surface area (Å²) in [4.78, 5) is 49.9. The number of thioether (sulfide) groups is 1. The summed E-state index contributed by atoms with van der Waals surface area (Å²) in [7, 11) is 1.41. The van der Waals surface area contributed by atoms with E-state index in [-0.39, 0.29) is 27.7 Å². The van der Waals surface area contributed by atoms with Crippen LogP contribution < -0.4 is 10.1 Å². The molecule has 3 aromatic rings. The highest BCUT2D eigenvalue weighted by atomic mass is 32.2. The fraction of sp³-hybridized carbons (Fsp3) is 0.192. The Morgan fingerprint density at radius 1 is 1.14 bits per heavy atom. The number of aryl methyl sites for hydroxylation is 3. The summed E-state index contributed by atoms with van der Waals surface area (Å²) < 4.78 is 10.8. The minimum Gasteiger partial charge on any atom is -0.497 e. The van der Waals surface area contributed by atoms with Crippen molar-refractivity contribution in [1.82, 2.24) is 4.90 Å². The SMILES string of the molecule is COc1ccc(-c2ccc(/C=C3/SC(=O)N(CC(=O)Nc4c(C)cc(C)cc4C)C3=O)o2)c([N+](=O)[O-])c1. The maximum atomic E-state index is 12.9. The number of carbonyl (C=O) groups excluding carboxylic acids is 3. The van der Waals surface area contributed by atoms with Crippen molar-refractivity contribution in [1.29, 1.82) is 0 Å². The maximum absolute atomic E-state index is 12.9. The molecule has 0 atom stereocenters. The molecule has 0 unspecified atom stereocenters. The van der Waals surface area contributed by atoms with Crippen LogP contribution in [0.25, 0.3) is 17.4 Å². The molecule has 3 amide bonds. The lowest BCUT2D eigenvalue weighted by molar-refractivity contribution is -0.384. The van der Waals surface area contributed by atoms with E-state index in [0.29, 0.717) is 23.2 Å². The standard InChI is InChI=1S/C26H23N3O7S/c1-14-9-15(2)24(16(3)10-14)27-23(30)13-28-25(31)22(37-26(28)32)12-18-6-8-21(36-18)19-7-5-17(35-4)11-20(19)29(33)34/h5-12H,13H2,1-4H3,(H,27,30)/b22-12+. The Labute approximate surface area is 216 Å². The van der Waals surface area contributed by atoms with E-state index in [2.05, 4.69) is 5.32 Å². The number of furan rings is 1. The highest BCUT2D eigenvalue weighted by molar-refractivity contribution is 8.18. The van der Waals surface area contributed by atoms with Crippen molar-refractivity contribution in [2.75, 3.05) is 19.0 Å². The largest absolute Gasteiger partial charge is 0.497 e. The van der Waals surface area contributed by atoms with Gasteiger partial charge < -0.3 is 14.5 Å². The van der Waals surface area contributed by atoms with Gasteiger partial charge in [-0.2, -0.15) is 0 Å². The van der Waals surface area contributed by atoms with E-state index in [1.807, 2.05) is 32.9 Å². The normalized spacial score (nSPS) is 14.4. The van der Waals surface area contributed by atoms with Crippen molar-refractivity contribution in [3.05, 3.63) is 79.9 Å². The topological polar surface area (TPSA) is 132 Å². The first-order valence-corrected chi connectivity index (χ1v) is 11.9. The zero-order chi connectivity index (χ0) is 26.9. The van der Waals surface area contributed by atoms with Gasteiger partial charge in [-0.25, -0.2) is 0 Å². The highest BCUT2D eigenvalue weighted by Crippen LogP contribution is 2.36. The van der Waals surface area contributed by atoms with E-state index in [9.17, 15) is 24.5 Å². The van der Waals surface area contributed by atoms with Crippen molar-refractivity contribution in [2.45, 2.75) is 20.8 Å². The maximum Gasteiger partial charge on any atom is 0.294 e. The Hall–Kier alpha value is -4.38. The second-order valence-electron chi connectivity index (χ2n) is 8.43. The molecule has 2 heterocycles. The Morgan fingerprint density at radius 3 is 2.49 bits per heavy atom. The summed E-state index contributed by atoms with van der Waals surface area (Å²) in [6.45, 7) is 5.27. The molecule has 0 aliphatic carbocycles. The first-order valence-electron chi connectivity index (χ1n) is 11.1. The molecule has 1 aliphatic rings. The van der Waals surface area contributed by atoms with Gasteiger partial charge >= 0.3 is 0 Å². The fourth-order valence-electron chi connectivity index (χ4n) is 4.04. The average molecular weight is 522 g/mol. The molecule has 10 nitrogen and oxygen atoms in total. The zero-order valence-corrected chi connectivity index (χ0v) is 21.3. The summed E-state index contributed by atoms with van der Waals surface area (Å²) in [5.41, 5.74) is 3.50. The van der Waals surface area contributed by atoms with Crippen LogP contribution in [-0.4, -0.2) is 40.5 Å². The molecule has 0 saturated carbocycles. The number of ether oxygens (including phenoxy) is 1. The molecular formula is C26H23N3O7S. The van der Waals surface area contributed by atoms with Crippen LogP contribution in [0.4, 0.5) is 16.2 Å². The quantitative estimate of drug-likeness (QED) is 0.246. The number of rotatable bonds is 7. The van der Waals surface area contributed by atoms with Crippen LogP contribution >= 0.6 is 11.8 Å². The van der Waals surface area contributed by atoms with Gasteiger partial charge in [0.1, 0.15) is 23.8 Å². The van der Waals surface area contributed by atoms with Crippen LogP contribution in [0.15, 0.2) is 51.8 Å².